The molecular weight excluding hydrogens is 246 g/mol. The van der Waals surface area contributed by atoms with Crippen molar-refractivity contribution in [3.63, 3.8) is 0 Å². The first-order valence-electron chi connectivity index (χ1n) is 6.82. The Bertz CT molecular complexity index is 731. The van der Waals surface area contributed by atoms with Crippen molar-refractivity contribution in [3.05, 3.63) is 78.1 Å². The van der Waals surface area contributed by atoms with Crippen LogP contribution in [0, 0.1) is 0 Å². The summed E-state index contributed by atoms with van der Waals surface area (Å²) in [6, 6.07) is 19.3. The van der Waals surface area contributed by atoms with Gasteiger partial charge in [-0.25, -0.2) is 4.98 Å². The van der Waals surface area contributed by atoms with Crippen molar-refractivity contribution in [2.24, 2.45) is 0 Å². The Morgan fingerprint density at radius 2 is 1.80 bits per heavy atom. The van der Waals surface area contributed by atoms with Crippen molar-refractivity contribution in [1.82, 2.24) is 14.9 Å². The van der Waals surface area contributed by atoms with Crippen LogP contribution < -0.4 is 5.32 Å². The van der Waals surface area contributed by atoms with Crippen LogP contribution in [-0.2, 0) is 6.67 Å². The lowest BCUT2D eigenvalue weighted by atomic mass is 9.94. The molecule has 0 fully saturated rings. The van der Waals surface area contributed by atoms with Crippen LogP contribution in [-0.4, -0.2) is 9.55 Å². The Morgan fingerprint density at radius 1 is 1.00 bits per heavy atom. The molecule has 0 amide bonds. The molecule has 0 radical (unpaired) electrons. The first-order chi connectivity index (χ1) is 9.93. The highest BCUT2D eigenvalue weighted by Gasteiger charge is 2.22. The molecule has 1 atom stereocenters. The zero-order chi connectivity index (χ0) is 13.4. The summed E-state index contributed by atoms with van der Waals surface area (Å²) in [4.78, 5) is 4.51. The van der Waals surface area contributed by atoms with Crippen molar-refractivity contribution >= 4 is 0 Å². The van der Waals surface area contributed by atoms with E-state index in [0.29, 0.717) is 0 Å². The fourth-order valence-corrected chi connectivity index (χ4v) is 2.88. The van der Waals surface area contributed by atoms with E-state index in [1.54, 1.807) is 0 Å². The van der Waals surface area contributed by atoms with Crippen LogP contribution in [0.5, 0.6) is 0 Å². The van der Waals surface area contributed by atoms with E-state index in [1.165, 1.54) is 16.7 Å². The van der Waals surface area contributed by atoms with Crippen LogP contribution in [0.2, 0.25) is 0 Å². The van der Waals surface area contributed by atoms with Gasteiger partial charge in [-0.15, -0.1) is 0 Å². The molecule has 4 rings (SSSR count). The number of aromatic nitrogens is 2. The minimum Gasteiger partial charge on any atom is -0.318 e. The van der Waals surface area contributed by atoms with Crippen LogP contribution in [0.15, 0.2) is 67.0 Å². The summed E-state index contributed by atoms with van der Waals surface area (Å²) >= 11 is 0. The summed E-state index contributed by atoms with van der Waals surface area (Å²) in [5.74, 6) is 1.03. The van der Waals surface area contributed by atoms with Gasteiger partial charge in [0.25, 0.3) is 0 Å². The Labute approximate surface area is 117 Å². The molecule has 1 unspecified atom stereocenters. The Morgan fingerprint density at radius 3 is 2.70 bits per heavy atom. The van der Waals surface area contributed by atoms with E-state index >= 15 is 0 Å². The molecule has 0 saturated carbocycles. The highest BCUT2D eigenvalue weighted by molar-refractivity contribution is 5.63. The van der Waals surface area contributed by atoms with Gasteiger partial charge in [0.15, 0.2) is 0 Å². The molecule has 1 aliphatic rings. The predicted molar refractivity (Wildman–Crippen MR) is 79.1 cm³/mol. The summed E-state index contributed by atoms with van der Waals surface area (Å²) in [5, 5.41) is 3.62. The van der Waals surface area contributed by atoms with Gasteiger partial charge in [-0.2, -0.15) is 0 Å². The lowest BCUT2D eigenvalue weighted by Gasteiger charge is -2.18. The summed E-state index contributed by atoms with van der Waals surface area (Å²) in [5.41, 5.74) is 3.77. The molecule has 2 heterocycles. The van der Waals surface area contributed by atoms with Crippen molar-refractivity contribution in [3.8, 4) is 11.4 Å². The van der Waals surface area contributed by atoms with Crippen LogP contribution >= 0.6 is 0 Å². The van der Waals surface area contributed by atoms with Crippen LogP contribution in [0.1, 0.15) is 17.2 Å². The predicted octanol–water partition coefficient (Wildman–Crippen LogP) is 3.20. The van der Waals surface area contributed by atoms with Crippen molar-refractivity contribution in [2.45, 2.75) is 12.7 Å². The summed E-state index contributed by atoms with van der Waals surface area (Å²) in [6.07, 6.45) is 3.88. The molecule has 0 spiro atoms. The van der Waals surface area contributed by atoms with Crippen LogP contribution in [0.4, 0.5) is 0 Å². The minimum absolute atomic E-state index is 0.203. The van der Waals surface area contributed by atoms with Gasteiger partial charge < -0.3 is 4.57 Å². The standard InChI is InChI=1S/C17H15N3/c1-2-6-13(7-3-1)16-14-8-4-5-9-15(14)17-18-10-11-20(17)12-19-16/h1-11,16,19H,12H2. The van der Waals surface area contributed by atoms with E-state index in [0.717, 1.165) is 12.5 Å². The first-order valence-corrected chi connectivity index (χ1v) is 6.82. The normalized spacial score (nSPS) is 17.1. The second-order valence-corrected chi connectivity index (χ2v) is 5.01. The first kappa shape index (κ1) is 11.4. The van der Waals surface area contributed by atoms with E-state index in [2.05, 4.69) is 69.5 Å². The summed E-state index contributed by atoms with van der Waals surface area (Å²) in [6.45, 7) is 0.767. The third-order valence-corrected chi connectivity index (χ3v) is 3.83. The van der Waals surface area contributed by atoms with E-state index in [1.807, 2.05) is 12.4 Å². The quantitative estimate of drug-likeness (QED) is 0.729. The van der Waals surface area contributed by atoms with E-state index in [4.69, 9.17) is 0 Å². The number of hydrogen-bond donors (Lipinski definition) is 1. The maximum Gasteiger partial charge on any atom is 0.141 e. The monoisotopic (exact) mass is 261 g/mol. The van der Waals surface area contributed by atoms with Gasteiger partial charge in [0, 0.05) is 18.0 Å². The second kappa shape index (κ2) is 4.62. The molecule has 20 heavy (non-hydrogen) atoms. The average Bonchev–Trinajstić information content (AvgIpc) is 2.92. The second-order valence-electron chi connectivity index (χ2n) is 5.01. The molecule has 0 bridgehead atoms. The highest BCUT2D eigenvalue weighted by Crippen LogP contribution is 2.33. The fraction of sp³-hybridized carbons (Fsp3) is 0.118. The fourth-order valence-electron chi connectivity index (χ4n) is 2.88. The van der Waals surface area contributed by atoms with Gasteiger partial charge in [-0.1, -0.05) is 54.6 Å². The number of nitrogens with zero attached hydrogens (tertiary/aromatic N) is 2. The SMILES string of the molecule is c1ccc(C2NCn3ccnc3-c3ccccc32)cc1. The zero-order valence-electron chi connectivity index (χ0n) is 11.0. The van der Waals surface area contributed by atoms with Crippen molar-refractivity contribution < 1.29 is 0 Å². The molecule has 3 nitrogen and oxygen atoms in total. The van der Waals surface area contributed by atoms with Gasteiger partial charge in [0.2, 0.25) is 0 Å². The van der Waals surface area contributed by atoms with E-state index in [9.17, 15) is 0 Å². The summed E-state index contributed by atoms with van der Waals surface area (Å²) < 4.78 is 2.15. The maximum absolute atomic E-state index is 4.51. The molecule has 1 aromatic heterocycles. The van der Waals surface area contributed by atoms with Gasteiger partial charge in [-0.05, 0) is 11.1 Å². The number of imidazole rings is 1. The molecule has 0 aliphatic carbocycles. The van der Waals surface area contributed by atoms with Crippen LogP contribution in [0.3, 0.4) is 0 Å². The molecule has 3 aromatic rings. The average molecular weight is 261 g/mol. The van der Waals surface area contributed by atoms with E-state index < -0.39 is 0 Å². The summed E-state index contributed by atoms with van der Waals surface area (Å²) in [7, 11) is 0. The third-order valence-electron chi connectivity index (χ3n) is 3.83. The van der Waals surface area contributed by atoms with Crippen molar-refractivity contribution in [2.75, 3.05) is 0 Å². The number of nitrogens with one attached hydrogen (secondary N) is 1. The molecular formula is C17H15N3. The molecule has 0 saturated heterocycles. The van der Waals surface area contributed by atoms with Gasteiger partial charge >= 0.3 is 0 Å². The molecule has 1 N–H and O–H groups in total. The number of hydrogen-bond acceptors (Lipinski definition) is 2. The lowest BCUT2D eigenvalue weighted by Crippen LogP contribution is -2.22. The lowest BCUT2D eigenvalue weighted by molar-refractivity contribution is 0.522. The van der Waals surface area contributed by atoms with Crippen molar-refractivity contribution in [1.29, 1.82) is 0 Å². The number of fused-ring (bicyclic) bond motifs is 3. The number of benzene rings is 2. The smallest absolute Gasteiger partial charge is 0.141 e. The van der Waals surface area contributed by atoms with Gasteiger partial charge in [-0.3, -0.25) is 5.32 Å². The highest BCUT2D eigenvalue weighted by atomic mass is 15.2. The van der Waals surface area contributed by atoms with E-state index in [-0.39, 0.29) is 6.04 Å². The topological polar surface area (TPSA) is 29.9 Å². The molecule has 3 heteroatoms. The molecule has 1 aliphatic heterocycles. The minimum atomic E-state index is 0.203. The van der Waals surface area contributed by atoms with Gasteiger partial charge in [0.05, 0.1) is 12.7 Å². The largest absolute Gasteiger partial charge is 0.318 e. The Kier molecular flexibility index (Phi) is 2.64. The Hall–Kier alpha value is -2.39. The van der Waals surface area contributed by atoms with Gasteiger partial charge in [0.1, 0.15) is 5.82 Å². The molecule has 2 aromatic carbocycles. The molecule has 98 valence electrons. The third kappa shape index (κ3) is 1.75. The van der Waals surface area contributed by atoms with Crippen LogP contribution in [0.25, 0.3) is 11.4 Å². The zero-order valence-corrected chi connectivity index (χ0v) is 11.0. The Balaban J connectivity index is 1.91. The maximum atomic E-state index is 4.51. The number of rotatable bonds is 1.